The Labute approximate surface area is 161 Å². The van der Waals surface area contributed by atoms with E-state index in [9.17, 15) is 31.1 Å². The Morgan fingerprint density at radius 1 is 1.17 bits per heavy atom. The molecule has 0 N–H and O–H groups in total. The number of alkyl halides is 6. The lowest BCUT2D eigenvalue weighted by Gasteiger charge is -2.20. The van der Waals surface area contributed by atoms with Gasteiger partial charge in [-0.3, -0.25) is 0 Å². The normalized spacial score (nSPS) is 11.9. The minimum atomic E-state index is -5.01. The standard InChI is InChI=1S/C17H15F6N3O3/c1-3-28-14(27)10-5-4-6-11(7-10)26(2)15-24-8-12(17(21,22)23)13(25-15)29-9-16(18,19)20/h4-8H,3,9H2,1-2H3. The van der Waals surface area contributed by atoms with Gasteiger partial charge in [-0.05, 0) is 25.1 Å². The van der Waals surface area contributed by atoms with Crippen molar-refractivity contribution in [3.8, 4) is 5.88 Å². The van der Waals surface area contributed by atoms with Crippen molar-refractivity contribution in [1.29, 1.82) is 0 Å². The van der Waals surface area contributed by atoms with E-state index in [0.29, 0.717) is 6.20 Å². The Kier molecular flexibility index (Phi) is 6.55. The molecule has 12 heteroatoms. The largest absolute Gasteiger partial charge is 0.467 e. The molecule has 0 fully saturated rings. The summed E-state index contributed by atoms with van der Waals surface area (Å²) >= 11 is 0. The molecule has 0 aliphatic carbocycles. The average Bonchev–Trinajstić information content (AvgIpc) is 2.64. The SMILES string of the molecule is CCOC(=O)c1cccc(N(C)c2ncc(C(F)(F)F)c(OCC(F)(F)F)n2)c1. The van der Waals surface area contributed by atoms with Crippen LogP contribution in [0.1, 0.15) is 22.8 Å². The van der Waals surface area contributed by atoms with Gasteiger partial charge in [0.1, 0.15) is 5.56 Å². The molecule has 1 heterocycles. The van der Waals surface area contributed by atoms with Crippen LogP contribution < -0.4 is 9.64 Å². The minimum absolute atomic E-state index is 0.140. The number of nitrogens with zero attached hydrogens (tertiary/aromatic N) is 3. The van der Waals surface area contributed by atoms with Crippen molar-refractivity contribution in [3.05, 3.63) is 41.6 Å². The molecular weight excluding hydrogens is 408 g/mol. The fourth-order valence-electron chi connectivity index (χ4n) is 2.15. The number of aromatic nitrogens is 2. The lowest BCUT2D eigenvalue weighted by molar-refractivity contribution is -0.159. The van der Waals surface area contributed by atoms with Crippen molar-refractivity contribution >= 4 is 17.6 Å². The lowest BCUT2D eigenvalue weighted by atomic mass is 10.2. The molecule has 6 nitrogen and oxygen atoms in total. The van der Waals surface area contributed by atoms with Gasteiger partial charge >= 0.3 is 18.3 Å². The van der Waals surface area contributed by atoms with Crippen molar-refractivity contribution in [3.63, 3.8) is 0 Å². The number of carbonyl (C=O) groups excluding carboxylic acids is 1. The summed E-state index contributed by atoms with van der Waals surface area (Å²) in [6.07, 6.45) is -9.53. The van der Waals surface area contributed by atoms with Crippen LogP contribution >= 0.6 is 0 Å². The second kappa shape index (κ2) is 8.53. The molecule has 0 saturated carbocycles. The van der Waals surface area contributed by atoms with Crippen molar-refractivity contribution in [2.75, 3.05) is 25.2 Å². The van der Waals surface area contributed by atoms with Crippen LogP contribution in [0.3, 0.4) is 0 Å². The van der Waals surface area contributed by atoms with Crippen molar-refractivity contribution in [2.45, 2.75) is 19.3 Å². The van der Waals surface area contributed by atoms with Crippen molar-refractivity contribution in [2.24, 2.45) is 0 Å². The summed E-state index contributed by atoms with van der Waals surface area (Å²) in [6, 6.07) is 5.82. The monoisotopic (exact) mass is 423 g/mol. The molecule has 0 atom stereocenters. The number of rotatable bonds is 6. The highest BCUT2D eigenvalue weighted by molar-refractivity contribution is 5.90. The highest BCUT2D eigenvalue weighted by Gasteiger charge is 2.38. The zero-order valence-electron chi connectivity index (χ0n) is 15.1. The Morgan fingerprint density at radius 2 is 1.86 bits per heavy atom. The first kappa shape index (κ1) is 22.2. The van der Waals surface area contributed by atoms with Crippen LogP contribution in [0.15, 0.2) is 30.5 Å². The summed E-state index contributed by atoms with van der Waals surface area (Å²) in [5.41, 5.74) is -1.09. The van der Waals surface area contributed by atoms with Gasteiger partial charge in [-0.1, -0.05) is 6.07 Å². The summed E-state index contributed by atoms with van der Waals surface area (Å²) in [5.74, 6) is -2.24. The van der Waals surface area contributed by atoms with E-state index >= 15 is 0 Å². The number of carbonyl (C=O) groups is 1. The van der Waals surface area contributed by atoms with Crippen LogP contribution in [0.25, 0.3) is 0 Å². The van der Waals surface area contributed by atoms with Crippen LogP contribution in [0.5, 0.6) is 5.88 Å². The second-order valence-electron chi connectivity index (χ2n) is 5.62. The van der Waals surface area contributed by atoms with Gasteiger partial charge in [0.05, 0.1) is 12.2 Å². The molecule has 1 aromatic carbocycles. The van der Waals surface area contributed by atoms with Crippen LogP contribution in [-0.4, -0.2) is 42.4 Å². The second-order valence-corrected chi connectivity index (χ2v) is 5.62. The predicted octanol–water partition coefficient (Wildman–Crippen LogP) is 4.38. The number of anilines is 2. The summed E-state index contributed by atoms with van der Waals surface area (Å²) in [5, 5.41) is 0. The molecule has 158 valence electrons. The van der Waals surface area contributed by atoms with E-state index in [0.717, 1.165) is 0 Å². The number of esters is 1. The van der Waals surface area contributed by atoms with Gasteiger partial charge in [-0.25, -0.2) is 9.78 Å². The molecule has 1 aromatic heterocycles. The number of hydrogen-bond donors (Lipinski definition) is 0. The first-order chi connectivity index (χ1) is 13.4. The molecule has 2 rings (SSSR count). The molecular formula is C17H15F6N3O3. The molecule has 2 aromatic rings. The average molecular weight is 423 g/mol. The molecule has 0 unspecified atom stereocenters. The minimum Gasteiger partial charge on any atom is -0.467 e. The van der Waals surface area contributed by atoms with Gasteiger partial charge in [0.15, 0.2) is 6.61 Å². The Balaban J connectivity index is 2.39. The molecule has 0 bridgehead atoms. The van der Waals surface area contributed by atoms with Crippen LogP contribution in [0.2, 0.25) is 0 Å². The molecule has 0 saturated heterocycles. The Morgan fingerprint density at radius 3 is 2.45 bits per heavy atom. The molecule has 0 spiro atoms. The van der Waals surface area contributed by atoms with Crippen molar-refractivity contribution < 1.29 is 40.6 Å². The van der Waals surface area contributed by atoms with E-state index in [1.165, 1.54) is 36.2 Å². The quantitative estimate of drug-likeness (QED) is 0.508. The van der Waals surface area contributed by atoms with Gasteiger partial charge in [0, 0.05) is 18.9 Å². The maximum atomic E-state index is 13.0. The van der Waals surface area contributed by atoms with E-state index in [4.69, 9.17) is 4.74 Å². The van der Waals surface area contributed by atoms with Gasteiger partial charge in [0.2, 0.25) is 11.8 Å². The van der Waals surface area contributed by atoms with E-state index < -0.39 is 36.4 Å². The smallest absolute Gasteiger partial charge is 0.423 e. The van der Waals surface area contributed by atoms with Gasteiger partial charge in [-0.15, -0.1) is 0 Å². The first-order valence-electron chi connectivity index (χ1n) is 8.07. The van der Waals surface area contributed by atoms with Gasteiger partial charge < -0.3 is 14.4 Å². The van der Waals surface area contributed by atoms with Crippen LogP contribution in [0.4, 0.5) is 38.0 Å². The zero-order valence-corrected chi connectivity index (χ0v) is 15.1. The van der Waals surface area contributed by atoms with Crippen LogP contribution in [-0.2, 0) is 10.9 Å². The van der Waals surface area contributed by atoms with Crippen LogP contribution in [0, 0.1) is 0 Å². The summed E-state index contributed by atoms with van der Waals surface area (Å²) in [4.78, 5) is 20.0. The zero-order chi connectivity index (χ0) is 21.8. The summed E-state index contributed by atoms with van der Waals surface area (Å²) in [7, 11) is 1.36. The third kappa shape index (κ3) is 5.96. The topological polar surface area (TPSA) is 64.5 Å². The van der Waals surface area contributed by atoms with E-state index in [1.54, 1.807) is 6.92 Å². The first-order valence-corrected chi connectivity index (χ1v) is 8.07. The third-order valence-electron chi connectivity index (χ3n) is 3.46. The fourth-order valence-corrected chi connectivity index (χ4v) is 2.15. The van der Waals surface area contributed by atoms with Gasteiger partial charge in [0.25, 0.3) is 0 Å². The number of hydrogen-bond acceptors (Lipinski definition) is 6. The molecule has 29 heavy (non-hydrogen) atoms. The summed E-state index contributed by atoms with van der Waals surface area (Å²) < 4.78 is 85.3. The molecule has 0 aliphatic rings. The summed E-state index contributed by atoms with van der Waals surface area (Å²) in [6.45, 7) is -0.193. The highest BCUT2D eigenvalue weighted by atomic mass is 19.4. The third-order valence-corrected chi connectivity index (χ3v) is 3.46. The number of halogens is 6. The molecule has 0 radical (unpaired) electrons. The van der Waals surface area contributed by atoms with Crippen molar-refractivity contribution in [1.82, 2.24) is 9.97 Å². The van der Waals surface area contributed by atoms with Gasteiger partial charge in [-0.2, -0.15) is 31.3 Å². The molecule has 0 aliphatic heterocycles. The lowest BCUT2D eigenvalue weighted by Crippen LogP contribution is -2.23. The maximum Gasteiger partial charge on any atom is 0.423 e. The Hall–Kier alpha value is -3.05. The van der Waals surface area contributed by atoms with E-state index in [-0.39, 0.29) is 23.8 Å². The highest BCUT2D eigenvalue weighted by Crippen LogP contribution is 2.36. The van der Waals surface area contributed by atoms with E-state index in [1.807, 2.05) is 0 Å². The number of benzene rings is 1. The fraction of sp³-hybridized carbons (Fsp3) is 0.353. The Bertz CT molecular complexity index is 870. The van der Waals surface area contributed by atoms with E-state index in [2.05, 4.69) is 14.7 Å². The molecule has 0 amide bonds. The maximum absolute atomic E-state index is 13.0. The predicted molar refractivity (Wildman–Crippen MR) is 89.0 cm³/mol. The number of ether oxygens (including phenoxy) is 2.